The van der Waals surface area contributed by atoms with Crippen LogP contribution in [0.5, 0.6) is 5.75 Å². The van der Waals surface area contributed by atoms with E-state index in [1.165, 1.54) is 0 Å². The van der Waals surface area contributed by atoms with Crippen molar-refractivity contribution >= 4 is 27.5 Å². The third-order valence-electron chi connectivity index (χ3n) is 1.87. The van der Waals surface area contributed by atoms with Gasteiger partial charge in [0.25, 0.3) is 0 Å². The van der Waals surface area contributed by atoms with E-state index in [2.05, 4.69) is 4.74 Å². The number of carbonyl (C=O) groups is 1. The maximum Gasteiger partial charge on any atom is 0.387 e. The molecule has 19 heavy (non-hydrogen) atoms. The zero-order valence-electron chi connectivity index (χ0n) is 9.27. The summed E-state index contributed by atoms with van der Waals surface area (Å²) < 4.78 is 53.2. The average molecular weight is 315 g/mol. The van der Waals surface area contributed by atoms with Crippen LogP contribution in [0.4, 0.5) is 8.78 Å². The summed E-state index contributed by atoms with van der Waals surface area (Å²) in [7, 11) is -4.00. The number of hydrogen-bond acceptors (Lipinski definition) is 4. The lowest BCUT2D eigenvalue weighted by molar-refractivity contribution is -0.116. The molecule has 0 spiro atoms. The Bertz CT molecular complexity index is 580. The van der Waals surface area contributed by atoms with Crippen LogP contribution in [0.25, 0.3) is 0 Å². The van der Waals surface area contributed by atoms with Crippen LogP contribution in [0.15, 0.2) is 23.1 Å². The van der Waals surface area contributed by atoms with E-state index in [1.54, 1.807) is 0 Å². The Kier molecular flexibility index (Phi) is 5.04. The van der Waals surface area contributed by atoms with Crippen LogP contribution < -0.4 is 15.2 Å². The van der Waals surface area contributed by atoms with Crippen LogP contribution >= 0.6 is 11.6 Å². The minimum absolute atomic E-state index is 0.303. The van der Waals surface area contributed by atoms with Gasteiger partial charge >= 0.3 is 6.61 Å². The van der Waals surface area contributed by atoms with Gasteiger partial charge in [0.1, 0.15) is 5.75 Å². The number of nitrogens with two attached hydrogens (primary N) is 1. The predicted molar refractivity (Wildman–Crippen MR) is 62.5 cm³/mol. The van der Waals surface area contributed by atoms with Gasteiger partial charge in [-0.3, -0.25) is 4.79 Å². The fraction of sp³-hybridized carbons (Fsp3) is 0.222. The molecule has 1 amide bonds. The van der Waals surface area contributed by atoms with Gasteiger partial charge in [-0.05, 0) is 18.2 Å². The normalized spacial score (nSPS) is 11.6. The molecule has 0 unspecified atom stereocenters. The molecule has 0 aliphatic rings. The van der Waals surface area contributed by atoms with Crippen LogP contribution in [0.3, 0.4) is 0 Å². The van der Waals surface area contributed by atoms with Crippen molar-refractivity contribution in [1.29, 1.82) is 0 Å². The van der Waals surface area contributed by atoms with E-state index in [-0.39, 0.29) is 15.7 Å². The number of ether oxygens (including phenoxy) is 1. The third kappa shape index (κ3) is 4.62. The van der Waals surface area contributed by atoms with E-state index in [9.17, 15) is 22.0 Å². The molecule has 3 N–H and O–H groups in total. The van der Waals surface area contributed by atoms with Gasteiger partial charge in [-0.15, -0.1) is 0 Å². The van der Waals surface area contributed by atoms with Gasteiger partial charge in [0.15, 0.2) is 0 Å². The monoisotopic (exact) mass is 314 g/mol. The molecule has 0 saturated carbocycles. The number of rotatable bonds is 6. The van der Waals surface area contributed by atoms with Crippen molar-refractivity contribution in [1.82, 2.24) is 4.72 Å². The summed E-state index contributed by atoms with van der Waals surface area (Å²) in [6, 6.07) is 2.91. The number of nitrogens with one attached hydrogen (secondary N) is 1. The van der Waals surface area contributed by atoms with Gasteiger partial charge in [-0.25, -0.2) is 13.1 Å². The van der Waals surface area contributed by atoms with Crippen LogP contribution in [0, 0.1) is 0 Å². The minimum atomic E-state index is -4.00. The summed E-state index contributed by atoms with van der Waals surface area (Å²) in [5.74, 6) is -1.22. The molecule has 1 aromatic rings. The second-order valence-electron chi connectivity index (χ2n) is 3.26. The maximum atomic E-state index is 12.0. The van der Waals surface area contributed by atoms with Crippen molar-refractivity contribution in [2.45, 2.75) is 11.5 Å². The number of alkyl halides is 2. The Balaban J connectivity index is 2.97. The average Bonchev–Trinajstić information content (AvgIpc) is 2.28. The van der Waals surface area contributed by atoms with Crippen molar-refractivity contribution in [3.05, 3.63) is 23.2 Å². The van der Waals surface area contributed by atoms with E-state index in [4.69, 9.17) is 17.3 Å². The molecule has 0 aliphatic carbocycles. The predicted octanol–water partition coefficient (Wildman–Crippen LogP) is 0.705. The van der Waals surface area contributed by atoms with E-state index in [0.717, 1.165) is 18.2 Å². The first kappa shape index (κ1) is 15.6. The topological polar surface area (TPSA) is 98.5 Å². The van der Waals surface area contributed by atoms with Gasteiger partial charge in [-0.1, -0.05) is 11.6 Å². The standard InChI is InChI=1S/C9H9ClF2N2O4S/c10-6-3-5(1-2-7(6)18-9(11)12)19(16,17)14-4-8(13)15/h1-3,9,14H,4H2,(H2,13,15). The zero-order chi connectivity index (χ0) is 14.6. The fourth-order valence-corrected chi connectivity index (χ4v) is 2.40. The molecule has 1 rings (SSSR count). The van der Waals surface area contributed by atoms with Crippen molar-refractivity contribution in [2.75, 3.05) is 6.54 Å². The lowest BCUT2D eigenvalue weighted by Crippen LogP contribution is -2.33. The highest BCUT2D eigenvalue weighted by atomic mass is 35.5. The molecule has 6 nitrogen and oxygen atoms in total. The van der Waals surface area contributed by atoms with Gasteiger partial charge in [-0.2, -0.15) is 8.78 Å². The Morgan fingerprint density at radius 3 is 2.58 bits per heavy atom. The minimum Gasteiger partial charge on any atom is -0.433 e. The second-order valence-corrected chi connectivity index (χ2v) is 5.44. The molecule has 0 atom stereocenters. The second kappa shape index (κ2) is 6.13. The number of sulfonamides is 1. The third-order valence-corrected chi connectivity index (χ3v) is 3.56. The number of carbonyl (C=O) groups excluding carboxylic acids is 1. The quantitative estimate of drug-likeness (QED) is 0.807. The van der Waals surface area contributed by atoms with Gasteiger partial charge < -0.3 is 10.5 Å². The number of benzene rings is 1. The summed E-state index contributed by atoms with van der Waals surface area (Å²) in [5.41, 5.74) is 4.79. The smallest absolute Gasteiger partial charge is 0.387 e. The summed E-state index contributed by atoms with van der Waals surface area (Å²) in [5, 5.41) is -0.303. The Labute approximate surface area is 112 Å². The first-order chi connectivity index (χ1) is 8.72. The van der Waals surface area contributed by atoms with Crippen LogP contribution in [-0.2, 0) is 14.8 Å². The zero-order valence-corrected chi connectivity index (χ0v) is 10.8. The highest BCUT2D eigenvalue weighted by Gasteiger charge is 2.17. The van der Waals surface area contributed by atoms with Gasteiger partial charge in [0.2, 0.25) is 15.9 Å². The van der Waals surface area contributed by atoms with Crippen molar-refractivity contribution in [3.63, 3.8) is 0 Å². The first-order valence-electron chi connectivity index (χ1n) is 4.74. The highest BCUT2D eigenvalue weighted by Crippen LogP contribution is 2.28. The van der Waals surface area contributed by atoms with E-state index in [0.29, 0.717) is 0 Å². The first-order valence-corrected chi connectivity index (χ1v) is 6.61. The number of amides is 1. The lowest BCUT2D eigenvalue weighted by atomic mass is 10.3. The molecular weight excluding hydrogens is 306 g/mol. The molecule has 1 aromatic carbocycles. The molecule has 10 heteroatoms. The Morgan fingerprint density at radius 1 is 1.47 bits per heavy atom. The summed E-state index contributed by atoms with van der Waals surface area (Å²) in [6.07, 6.45) is 0. The highest BCUT2D eigenvalue weighted by molar-refractivity contribution is 7.89. The van der Waals surface area contributed by atoms with Crippen LogP contribution in [0.2, 0.25) is 5.02 Å². The number of hydrogen-bond donors (Lipinski definition) is 2. The maximum absolute atomic E-state index is 12.0. The molecule has 0 bridgehead atoms. The van der Waals surface area contributed by atoms with Gasteiger partial charge in [0, 0.05) is 0 Å². The van der Waals surface area contributed by atoms with Crippen molar-refractivity contribution in [3.8, 4) is 5.75 Å². The summed E-state index contributed by atoms with van der Waals surface area (Å²) in [4.78, 5) is 10.2. The number of halogens is 3. The molecule has 106 valence electrons. The molecule has 0 aromatic heterocycles. The van der Waals surface area contributed by atoms with E-state index < -0.39 is 29.1 Å². The number of primary amides is 1. The van der Waals surface area contributed by atoms with Crippen molar-refractivity contribution < 1.29 is 26.7 Å². The van der Waals surface area contributed by atoms with Gasteiger partial charge in [0.05, 0.1) is 16.5 Å². The molecule has 0 radical (unpaired) electrons. The SMILES string of the molecule is NC(=O)CNS(=O)(=O)c1ccc(OC(F)F)c(Cl)c1. The van der Waals surface area contributed by atoms with Crippen molar-refractivity contribution in [2.24, 2.45) is 5.73 Å². The molecular formula is C9H9ClF2N2O4S. The molecule has 0 heterocycles. The van der Waals surface area contributed by atoms with Crippen LogP contribution in [0.1, 0.15) is 0 Å². The Hall–Kier alpha value is -1.45. The molecule has 0 fully saturated rings. The van der Waals surface area contributed by atoms with E-state index in [1.807, 2.05) is 4.72 Å². The fourth-order valence-electron chi connectivity index (χ4n) is 1.09. The molecule has 0 aliphatic heterocycles. The van der Waals surface area contributed by atoms with Crippen LogP contribution in [-0.4, -0.2) is 27.5 Å². The Morgan fingerprint density at radius 2 is 2.11 bits per heavy atom. The molecule has 0 saturated heterocycles. The van der Waals surface area contributed by atoms with E-state index >= 15 is 0 Å². The largest absolute Gasteiger partial charge is 0.433 e. The summed E-state index contributed by atoms with van der Waals surface area (Å²) in [6.45, 7) is -3.66. The summed E-state index contributed by atoms with van der Waals surface area (Å²) >= 11 is 5.60. The lowest BCUT2D eigenvalue weighted by Gasteiger charge is -2.09.